The van der Waals surface area contributed by atoms with E-state index in [1.807, 2.05) is 6.92 Å². The first-order valence-corrected chi connectivity index (χ1v) is 4.53. The van der Waals surface area contributed by atoms with Crippen LogP contribution in [-0.4, -0.2) is 13.7 Å². The standard InChI is InChI=1S/C7H10O3S/c1-6-2-4-7(5-3-6)11(8,9)10/h2-5,8-10H,1H3/p-1. The fourth-order valence-electron chi connectivity index (χ4n) is 0.716. The van der Waals surface area contributed by atoms with E-state index in [-0.39, 0.29) is 4.90 Å². The summed E-state index contributed by atoms with van der Waals surface area (Å²) in [4.78, 5) is 0.0445. The van der Waals surface area contributed by atoms with Crippen molar-refractivity contribution in [2.45, 2.75) is 11.8 Å². The molecule has 0 atom stereocenters. The summed E-state index contributed by atoms with van der Waals surface area (Å²) in [7, 11) is -3.77. The van der Waals surface area contributed by atoms with Crippen LogP contribution in [0.2, 0.25) is 0 Å². The van der Waals surface area contributed by atoms with Crippen molar-refractivity contribution in [1.82, 2.24) is 0 Å². The van der Waals surface area contributed by atoms with Gasteiger partial charge in [0.1, 0.15) is 0 Å². The number of benzene rings is 1. The molecule has 4 heteroatoms. The van der Waals surface area contributed by atoms with E-state index in [1.54, 1.807) is 12.1 Å². The molecule has 0 unspecified atom stereocenters. The van der Waals surface area contributed by atoms with E-state index in [4.69, 9.17) is 9.11 Å². The molecule has 0 aliphatic rings. The maximum absolute atomic E-state index is 10.6. The number of aryl methyl sites for hydroxylation is 1. The lowest BCUT2D eigenvalue weighted by molar-refractivity contribution is 0.361. The first kappa shape index (κ1) is 8.55. The quantitative estimate of drug-likeness (QED) is 0.684. The largest absolute Gasteiger partial charge is 0.769 e. The Bertz CT molecular complexity index is 237. The minimum atomic E-state index is -3.77. The van der Waals surface area contributed by atoms with Gasteiger partial charge >= 0.3 is 0 Å². The van der Waals surface area contributed by atoms with E-state index in [0.717, 1.165) is 5.56 Å². The predicted molar refractivity (Wildman–Crippen MR) is 43.1 cm³/mol. The van der Waals surface area contributed by atoms with E-state index in [1.165, 1.54) is 12.1 Å². The van der Waals surface area contributed by atoms with Gasteiger partial charge in [-0.25, -0.2) is 0 Å². The third kappa shape index (κ3) is 2.20. The Hall–Kier alpha value is -0.550. The van der Waals surface area contributed by atoms with Gasteiger partial charge in [-0.1, -0.05) is 28.6 Å². The molecule has 0 fully saturated rings. The smallest absolute Gasteiger partial charge is 0.0235 e. The maximum atomic E-state index is 10.6. The average Bonchev–Trinajstić information content (AvgIpc) is 1.86. The zero-order valence-electron chi connectivity index (χ0n) is 6.02. The summed E-state index contributed by atoms with van der Waals surface area (Å²) >= 11 is 0. The van der Waals surface area contributed by atoms with E-state index in [2.05, 4.69) is 0 Å². The van der Waals surface area contributed by atoms with Gasteiger partial charge in [-0.15, -0.1) is 0 Å². The van der Waals surface area contributed by atoms with Crippen LogP contribution in [0.3, 0.4) is 0 Å². The number of hydrogen-bond donors (Lipinski definition) is 2. The molecule has 0 spiro atoms. The molecule has 0 saturated heterocycles. The van der Waals surface area contributed by atoms with Gasteiger partial charge in [0.15, 0.2) is 0 Å². The highest BCUT2D eigenvalue weighted by Crippen LogP contribution is 2.42. The van der Waals surface area contributed by atoms with Crippen LogP contribution in [0, 0.1) is 6.92 Å². The molecule has 11 heavy (non-hydrogen) atoms. The van der Waals surface area contributed by atoms with Gasteiger partial charge in [-0.3, -0.25) is 0 Å². The first-order valence-electron chi connectivity index (χ1n) is 3.06. The average molecular weight is 173 g/mol. The first-order chi connectivity index (χ1) is 5.00. The Labute approximate surface area is 66.9 Å². The molecule has 0 amide bonds. The van der Waals surface area contributed by atoms with Gasteiger partial charge in [-0.05, 0) is 19.1 Å². The molecule has 1 aromatic carbocycles. The molecule has 62 valence electrons. The van der Waals surface area contributed by atoms with Crippen LogP contribution >= 0.6 is 10.9 Å². The summed E-state index contributed by atoms with van der Waals surface area (Å²) in [5, 5.41) is 0. The van der Waals surface area contributed by atoms with E-state index < -0.39 is 10.9 Å². The monoisotopic (exact) mass is 173 g/mol. The van der Waals surface area contributed by atoms with Crippen molar-refractivity contribution >= 4 is 10.9 Å². The van der Waals surface area contributed by atoms with Gasteiger partial charge in [-0.2, -0.15) is 0 Å². The summed E-state index contributed by atoms with van der Waals surface area (Å²) in [5.41, 5.74) is 0.984. The molecule has 2 N–H and O–H groups in total. The van der Waals surface area contributed by atoms with Crippen molar-refractivity contribution in [3.05, 3.63) is 29.8 Å². The fourth-order valence-corrected chi connectivity index (χ4v) is 1.21. The molecule has 0 aliphatic carbocycles. The van der Waals surface area contributed by atoms with Gasteiger partial charge < -0.3 is 13.7 Å². The van der Waals surface area contributed by atoms with Gasteiger partial charge in [0.25, 0.3) is 0 Å². The summed E-state index contributed by atoms with van der Waals surface area (Å²) in [6.45, 7) is 1.86. The van der Waals surface area contributed by atoms with Crippen molar-refractivity contribution < 1.29 is 13.7 Å². The summed E-state index contributed by atoms with van der Waals surface area (Å²) in [5.74, 6) is 0. The second-order valence-electron chi connectivity index (χ2n) is 2.31. The SMILES string of the molecule is Cc1ccc(S([O-])(O)O)cc1. The van der Waals surface area contributed by atoms with Crippen LogP contribution in [-0.2, 0) is 0 Å². The van der Waals surface area contributed by atoms with Crippen molar-refractivity contribution in [1.29, 1.82) is 0 Å². The zero-order chi connectivity index (χ0) is 8.48. The van der Waals surface area contributed by atoms with E-state index in [0.29, 0.717) is 0 Å². The van der Waals surface area contributed by atoms with Crippen molar-refractivity contribution in [2.75, 3.05) is 0 Å². The van der Waals surface area contributed by atoms with Crippen molar-refractivity contribution in [3.8, 4) is 0 Å². The van der Waals surface area contributed by atoms with Crippen LogP contribution in [0.25, 0.3) is 0 Å². The Balaban J connectivity index is 2.99. The van der Waals surface area contributed by atoms with Crippen LogP contribution in [0.1, 0.15) is 5.56 Å². The maximum Gasteiger partial charge on any atom is 0.0235 e. The third-order valence-corrected chi connectivity index (χ3v) is 2.21. The molecule has 0 aromatic heterocycles. The molecule has 3 nitrogen and oxygen atoms in total. The Morgan fingerprint density at radius 3 is 2.00 bits per heavy atom. The Morgan fingerprint density at radius 2 is 1.64 bits per heavy atom. The topological polar surface area (TPSA) is 63.5 Å². The van der Waals surface area contributed by atoms with Crippen molar-refractivity contribution in [2.24, 2.45) is 0 Å². The van der Waals surface area contributed by atoms with Gasteiger partial charge in [0, 0.05) is 4.90 Å². The molecular formula is C7H9O3S-. The minimum Gasteiger partial charge on any atom is -0.769 e. The molecule has 0 radical (unpaired) electrons. The second-order valence-corrected chi connectivity index (χ2v) is 3.77. The molecule has 0 heterocycles. The van der Waals surface area contributed by atoms with Gasteiger partial charge in [0.2, 0.25) is 0 Å². The lowest BCUT2D eigenvalue weighted by Gasteiger charge is -2.33. The summed E-state index contributed by atoms with van der Waals surface area (Å²) in [6.07, 6.45) is 0. The minimum absolute atomic E-state index is 0.0445. The fraction of sp³-hybridized carbons (Fsp3) is 0.143. The normalized spacial score (nSPS) is 13.1. The van der Waals surface area contributed by atoms with E-state index >= 15 is 0 Å². The highest BCUT2D eigenvalue weighted by molar-refractivity contribution is 8.19. The van der Waals surface area contributed by atoms with E-state index in [9.17, 15) is 4.55 Å². The summed E-state index contributed by atoms with van der Waals surface area (Å²) < 4.78 is 27.9. The number of rotatable bonds is 1. The highest BCUT2D eigenvalue weighted by atomic mass is 32.3. The Morgan fingerprint density at radius 1 is 1.18 bits per heavy atom. The second kappa shape index (κ2) is 2.83. The summed E-state index contributed by atoms with van der Waals surface area (Å²) in [6, 6.07) is 6.19. The van der Waals surface area contributed by atoms with Crippen LogP contribution in [0.15, 0.2) is 29.2 Å². The zero-order valence-corrected chi connectivity index (χ0v) is 6.84. The van der Waals surface area contributed by atoms with Crippen molar-refractivity contribution in [3.63, 3.8) is 0 Å². The highest BCUT2D eigenvalue weighted by Gasteiger charge is 2.03. The molecule has 1 rings (SSSR count). The third-order valence-electron chi connectivity index (χ3n) is 1.33. The lowest BCUT2D eigenvalue weighted by atomic mass is 10.2. The van der Waals surface area contributed by atoms with Crippen LogP contribution < -0.4 is 0 Å². The van der Waals surface area contributed by atoms with Gasteiger partial charge in [0.05, 0.1) is 0 Å². The molecule has 0 aliphatic heterocycles. The molecular weight excluding hydrogens is 164 g/mol. The molecule has 0 bridgehead atoms. The van der Waals surface area contributed by atoms with Crippen LogP contribution in [0.5, 0.6) is 0 Å². The molecule has 0 saturated carbocycles. The Kier molecular flexibility index (Phi) is 2.20. The number of hydrogen-bond acceptors (Lipinski definition) is 3. The molecule has 1 aromatic rings. The van der Waals surface area contributed by atoms with Crippen LogP contribution in [0.4, 0.5) is 0 Å². The lowest BCUT2D eigenvalue weighted by Crippen LogP contribution is -1.95. The predicted octanol–water partition coefficient (Wildman–Crippen LogP) is 2.23.